The highest BCUT2D eigenvalue weighted by Gasteiger charge is 2.19. The molecular weight excluding hydrogens is 228 g/mol. The zero-order valence-electron chi connectivity index (χ0n) is 11.0. The van der Waals surface area contributed by atoms with Gasteiger partial charge in [0, 0.05) is 51.0 Å². The molecule has 0 unspecified atom stereocenters. The molecule has 5 nitrogen and oxygen atoms in total. The number of piperazine rings is 1. The number of nitrogens with one attached hydrogen (secondary N) is 1. The molecule has 2 N–H and O–H groups in total. The molecule has 1 fully saturated rings. The van der Waals surface area contributed by atoms with E-state index in [1.165, 1.54) is 5.56 Å². The fourth-order valence-electron chi connectivity index (χ4n) is 2.37. The number of aliphatic hydroxyl groups excluding tert-OH is 1. The Labute approximate surface area is 108 Å². The minimum Gasteiger partial charge on any atom is -0.395 e. The van der Waals surface area contributed by atoms with E-state index in [0.717, 1.165) is 45.1 Å². The third kappa shape index (κ3) is 3.19. The van der Waals surface area contributed by atoms with Crippen LogP contribution in [0.25, 0.3) is 0 Å². The molecule has 0 aliphatic carbocycles. The van der Waals surface area contributed by atoms with Crippen molar-refractivity contribution in [2.45, 2.75) is 6.54 Å². The van der Waals surface area contributed by atoms with Gasteiger partial charge in [0.1, 0.15) is 5.82 Å². The van der Waals surface area contributed by atoms with Crippen LogP contribution in [0.5, 0.6) is 0 Å². The SMILES string of the molecule is CNCc1cccnc1N1CCN(CCO)CC1. The predicted molar refractivity (Wildman–Crippen MR) is 72.7 cm³/mol. The average Bonchev–Trinajstić information content (AvgIpc) is 2.41. The second kappa shape index (κ2) is 6.68. The van der Waals surface area contributed by atoms with Crippen molar-refractivity contribution in [1.82, 2.24) is 15.2 Å². The largest absolute Gasteiger partial charge is 0.395 e. The number of pyridine rings is 1. The summed E-state index contributed by atoms with van der Waals surface area (Å²) in [5, 5.41) is 12.1. The summed E-state index contributed by atoms with van der Waals surface area (Å²) < 4.78 is 0. The molecule has 0 saturated carbocycles. The van der Waals surface area contributed by atoms with Crippen LogP contribution in [-0.4, -0.2) is 61.4 Å². The van der Waals surface area contributed by atoms with E-state index < -0.39 is 0 Å². The van der Waals surface area contributed by atoms with Crippen molar-refractivity contribution in [2.75, 3.05) is 51.3 Å². The van der Waals surface area contributed by atoms with Crippen molar-refractivity contribution >= 4 is 5.82 Å². The number of anilines is 1. The van der Waals surface area contributed by atoms with E-state index >= 15 is 0 Å². The molecule has 1 aliphatic heterocycles. The van der Waals surface area contributed by atoms with E-state index in [4.69, 9.17) is 5.11 Å². The fraction of sp³-hybridized carbons (Fsp3) is 0.615. The van der Waals surface area contributed by atoms with Gasteiger partial charge in [-0.1, -0.05) is 6.07 Å². The molecule has 1 aromatic rings. The zero-order valence-corrected chi connectivity index (χ0v) is 11.0. The Bertz CT molecular complexity index is 364. The molecular formula is C13H22N4O. The van der Waals surface area contributed by atoms with Gasteiger partial charge in [-0.15, -0.1) is 0 Å². The van der Waals surface area contributed by atoms with Crippen LogP contribution in [0.3, 0.4) is 0 Å². The van der Waals surface area contributed by atoms with Crippen LogP contribution in [0, 0.1) is 0 Å². The fourth-order valence-corrected chi connectivity index (χ4v) is 2.37. The van der Waals surface area contributed by atoms with Gasteiger partial charge in [-0.2, -0.15) is 0 Å². The van der Waals surface area contributed by atoms with Gasteiger partial charge in [-0.3, -0.25) is 4.90 Å². The first-order chi connectivity index (χ1) is 8.85. The van der Waals surface area contributed by atoms with Crippen molar-refractivity contribution in [2.24, 2.45) is 0 Å². The average molecular weight is 250 g/mol. The molecule has 100 valence electrons. The van der Waals surface area contributed by atoms with Crippen molar-refractivity contribution in [1.29, 1.82) is 0 Å². The first-order valence-corrected chi connectivity index (χ1v) is 6.52. The number of β-amino-alcohol motifs (C(OH)–C–C–N with tert-alkyl or cyclic N) is 1. The smallest absolute Gasteiger partial charge is 0.133 e. The summed E-state index contributed by atoms with van der Waals surface area (Å²) in [6.07, 6.45) is 1.86. The van der Waals surface area contributed by atoms with E-state index in [-0.39, 0.29) is 6.61 Å². The molecule has 0 spiro atoms. The lowest BCUT2D eigenvalue weighted by Gasteiger charge is -2.35. The standard InChI is InChI=1S/C13H22N4O/c1-14-11-12-3-2-4-15-13(12)17-7-5-16(6-8-17)9-10-18/h2-4,14,18H,5-11H2,1H3. The Morgan fingerprint density at radius 3 is 2.78 bits per heavy atom. The van der Waals surface area contributed by atoms with Crippen molar-refractivity contribution in [3.05, 3.63) is 23.9 Å². The van der Waals surface area contributed by atoms with Crippen LogP contribution in [0.1, 0.15) is 5.56 Å². The molecule has 0 amide bonds. The monoisotopic (exact) mass is 250 g/mol. The third-order valence-electron chi connectivity index (χ3n) is 3.32. The molecule has 2 rings (SSSR count). The van der Waals surface area contributed by atoms with Gasteiger partial charge in [0.15, 0.2) is 0 Å². The van der Waals surface area contributed by atoms with Gasteiger partial charge >= 0.3 is 0 Å². The zero-order chi connectivity index (χ0) is 12.8. The molecule has 18 heavy (non-hydrogen) atoms. The van der Waals surface area contributed by atoms with Crippen LogP contribution in [0.15, 0.2) is 18.3 Å². The maximum Gasteiger partial charge on any atom is 0.133 e. The number of hydrogen-bond donors (Lipinski definition) is 2. The highest BCUT2D eigenvalue weighted by Crippen LogP contribution is 2.18. The molecule has 0 atom stereocenters. The number of rotatable bonds is 5. The summed E-state index contributed by atoms with van der Waals surface area (Å²) in [6.45, 7) is 5.82. The van der Waals surface area contributed by atoms with E-state index in [2.05, 4.69) is 26.2 Å². The Balaban J connectivity index is 2.00. The summed E-state index contributed by atoms with van der Waals surface area (Å²) in [6, 6.07) is 4.11. The van der Waals surface area contributed by atoms with Crippen LogP contribution >= 0.6 is 0 Å². The first-order valence-electron chi connectivity index (χ1n) is 6.52. The molecule has 1 aromatic heterocycles. The Morgan fingerprint density at radius 1 is 1.33 bits per heavy atom. The van der Waals surface area contributed by atoms with Gasteiger partial charge < -0.3 is 15.3 Å². The van der Waals surface area contributed by atoms with Gasteiger partial charge in [0.2, 0.25) is 0 Å². The number of nitrogens with zero attached hydrogens (tertiary/aromatic N) is 3. The van der Waals surface area contributed by atoms with E-state index in [9.17, 15) is 0 Å². The van der Waals surface area contributed by atoms with Gasteiger partial charge in [0.25, 0.3) is 0 Å². The van der Waals surface area contributed by atoms with E-state index in [0.29, 0.717) is 0 Å². The topological polar surface area (TPSA) is 51.6 Å². The third-order valence-corrected chi connectivity index (χ3v) is 3.32. The highest BCUT2D eigenvalue weighted by molar-refractivity contribution is 5.47. The van der Waals surface area contributed by atoms with Gasteiger partial charge in [0.05, 0.1) is 6.61 Å². The molecule has 0 bridgehead atoms. The molecule has 1 saturated heterocycles. The van der Waals surface area contributed by atoms with Gasteiger partial charge in [-0.25, -0.2) is 4.98 Å². The van der Waals surface area contributed by atoms with Crippen molar-refractivity contribution in [3.8, 4) is 0 Å². The second-order valence-corrected chi connectivity index (χ2v) is 4.57. The summed E-state index contributed by atoms with van der Waals surface area (Å²) in [5.74, 6) is 1.09. The van der Waals surface area contributed by atoms with Gasteiger partial charge in [-0.05, 0) is 13.1 Å². The quantitative estimate of drug-likeness (QED) is 0.765. The van der Waals surface area contributed by atoms with Crippen LogP contribution in [0.2, 0.25) is 0 Å². The van der Waals surface area contributed by atoms with Crippen LogP contribution in [0.4, 0.5) is 5.82 Å². The lowest BCUT2D eigenvalue weighted by Crippen LogP contribution is -2.47. The van der Waals surface area contributed by atoms with Crippen LogP contribution in [-0.2, 0) is 6.54 Å². The summed E-state index contributed by atoms with van der Waals surface area (Å²) in [4.78, 5) is 9.13. The lowest BCUT2D eigenvalue weighted by atomic mass is 10.2. The normalized spacial score (nSPS) is 17.1. The lowest BCUT2D eigenvalue weighted by molar-refractivity contribution is 0.188. The Morgan fingerprint density at radius 2 is 2.11 bits per heavy atom. The predicted octanol–water partition coefficient (Wildman–Crippen LogP) is -0.0847. The molecule has 0 radical (unpaired) electrons. The summed E-state index contributed by atoms with van der Waals surface area (Å²) in [7, 11) is 1.95. The highest BCUT2D eigenvalue weighted by atomic mass is 16.3. The maximum absolute atomic E-state index is 8.94. The number of aliphatic hydroxyl groups is 1. The number of aromatic nitrogens is 1. The molecule has 2 heterocycles. The second-order valence-electron chi connectivity index (χ2n) is 4.57. The van der Waals surface area contributed by atoms with E-state index in [1.54, 1.807) is 0 Å². The molecule has 5 heteroatoms. The molecule has 1 aliphatic rings. The number of hydrogen-bond acceptors (Lipinski definition) is 5. The maximum atomic E-state index is 8.94. The van der Waals surface area contributed by atoms with Crippen molar-refractivity contribution in [3.63, 3.8) is 0 Å². The van der Waals surface area contributed by atoms with E-state index in [1.807, 2.05) is 19.3 Å². The Kier molecular flexibility index (Phi) is 4.92. The summed E-state index contributed by atoms with van der Waals surface area (Å²) in [5.41, 5.74) is 1.25. The van der Waals surface area contributed by atoms with Crippen LogP contribution < -0.4 is 10.2 Å². The molecule has 0 aromatic carbocycles. The minimum absolute atomic E-state index is 0.245. The minimum atomic E-state index is 0.245. The van der Waals surface area contributed by atoms with Crippen molar-refractivity contribution < 1.29 is 5.11 Å². The Hall–Kier alpha value is -1.17. The summed E-state index contributed by atoms with van der Waals surface area (Å²) >= 11 is 0. The first kappa shape index (κ1) is 13.3.